The van der Waals surface area contributed by atoms with Gasteiger partial charge in [-0.05, 0) is 62.9 Å². The monoisotopic (exact) mass is 509 g/mol. The second-order valence-electron chi connectivity index (χ2n) is 9.10. The fraction of sp³-hybridized carbons (Fsp3) is 0.333. The molecule has 1 N–H and O–H groups in total. The molecule has 0 saturated carbocycles. The lowest BCUT2D eigenvalue weighted by Gasteiger charge is -2.31. The van der Waals surface area contributed by atoms with Crippen molar-refractivity contribution < 1.29 is 22.5 Å². The van der Waals surface area contributed by atoms with Crippen LogP contribution in [0.2, 0.25) is 0 Å². The second-order valence-corrected chi connectivity index (χ2v) is 11.0. The van der Waals surface area contributed by atoms with Gasteiger partial charge >= 0.3 is 0 Å². The average molecular weight is 510 g/mol. The Morgan fingerprint density at radius 3 is 2.56 bits per heavy atom. The molecule has 4 rings (SSSR count). The first-order chi connectivity index (χ1) is 17.2. The Morgan fingerprint density at radius 1 is 1.11 bits per heavy atom. The molecule has 1 fully saturated rings. The van der Waals surface area contributed by atoms with Crippen LogP contribution in [0, 0.1) is 26.7 Å². The molecule has 0 spiro atoms. The van der Waals surface area contributed by atoms with Gasteiger partial charge in [0.1, 0.15) is 11.4 Å². The first kappa shape index (κ1) is 25.7. The van der Waals surface area contributed by atoms with Gasteiger partial charge in [-0.15, -0.1) is 0 Å². The summed E-state index contributed by atoms with van der Waals surface area (Å²) < 4.78 is 39.4. The summed E-state index contributed by atoms with van der Waals surface area (Å²) in [6.07, 6.45) is 4.58. The number of hydrogen-bond donors (Lipinski definition) is 1. The number of amides is 1. The molecule has 1 aliphatic rings. The Kier molecular flexibility index (Phi) is 7.61. The molecule has 0 bridgehead atoms. The topological polar surface area (TPSA) is 102 Å². The minimum atomic E-state index is -3.93. The molecule has 2 heterocycles. The average Bonchev–Trinajstić information content (AvgIpc) is 3.25. The summed E-state index contributed by atoms with van der Waals surface area (Å²) in [7, 11) is -2.39. The van der Waals surface area contributed by atoms with E-state index in [9.17, 15) is 13.2 Å². The fourth-order valence-corrected chi connectivity index (χ4v) is 6.08. The van der Waals surface area contributed by atoms with Gasteiger partial charge in [0.2, 0.25) is 15.9 Å². The minimum Gasteiger partial charge on any atom is -0.495 e. The van der Waals surface area contributed by atoms with Gasteiger partial charge in [0.05, 0.1) is 18.7 Å². The maximum Gasteiger partial charge on any atom is 0.248 e. The van der Waals surface area contributed by atoms with Crippen molar-refractivity contribution in [1.82, 2.24) is 9.46 Å². The molecule has 1 atom stereocenters. The summed E-state index contributed by atoms with van der Waals surface area (Å²) in [4.78, 5) is 13.1. The first-order valence-electron chi connectivity index (χ1n) is 11.9. The summed E-state index contributed by atoms with van der Waals surface area (Å²) in [5.74, 6) is -0.00530. The molecule has 0 radical (unpaired) electrons. The third-order valence-corrected chi connectivity index (χ3v) is 8.33. The largest absolute Gasteiger partial charge is 0.495 e. The van der Waals surface area contributed by atoms with Gasteiger partial charge in [0.15, 0.2) is 10.7 Å². The maximum atomic E-state index is 13.7. The number of benzene rings is 2. The normalized spacial score (nSPS) is 16.8. The number of piperidine rings is 1. The van der Waals surface area contributed by atoms with Crippen LogP contribution in [0.25, 0.3) is 12.2 Å². The minimum absolute atomic E-state index is 0.0345. The van der Waals surface area contributed by atoms with Gasteiger partial charge in [-0.2, -0.15) is 4.31 Å². The zero-order valence-corrected chi connectivity index (χ0v) is 21.8. The van der Waals surface area contributed by atoms with E-state index in [4.69, 9.17) is 9.26 Å². The van der Waals surface area contributed by atoms with Crippen molar-refractivity contribution in [3.8, 4) is 5.75 Å². The summed E-state index contributed by atoms with van der Waals surface area (Å²) in [5, 5.41) is 6.83. The lowest BCUT2D eigenvalue weighted by atomic mass is 9.98. The van der Waals surface area contributed by atoms with Gasteiger partial charge in [-0.3, -0.25) is 4.79 Å². The van der Waals surface area contributed by atoms with Crippen LogP contribution in [0.3, 0.4) is 0 Å². The van der Waals surface area contributed by atoms with E-state index in [1.165, 1.54) is 4.31 Å². The molecule has 1 amide bonds. The number of rotatable bonds is 7. The van der Waals surface area contributed by atoms with Gasteiger partial charge in [0.25, 0.3) is 0 Å². The standard InChI is InChI=1S/C27H31N3O5S/c1-18-7-10-21(11-8-18)12-14-25-26(20(3)29-35-25)36(32,33)30-15-5-6-22(17-30)27(31)28-23-16-19(2)9-13-24(23)34-4/h7-14,16,22H,5-6,15,17H2,1-4H3,(H,28,31). The number of nitrogens with one attached hydrogen (secondary N) is 1. The number of methoxy groups -OCH3 is 1. The number of nitrogens with zero attached hydrogens (tertiary/aromatic N) is 2. The van der Waals surface area contributed by atoms with Crippen LogP contribution < -0.4 is 10.1 Å². The summed E-state index contributed by atoms with van der Waals surface area (Å²) >= 11 is 0. The smallest absolute Gasteiger partial charge is 0.248 e. The summed E-state index contributed by atoms with van der Waals surface area (Å²) in [6, 6.07) is 13.4. The highest BCUT2D eigenvalue weighted by atomic mass is 32.2. The third-order valence-electron chi connectivity index (χ3n) is 6.30. The fourth-order valence-electron chi connectivity index (χ4n) is 4.31. The van der Waals surface area contributed by atoms with Crippen molar-refractivity contribution in [2.75, 3.05) is 25.5 Å². The Bertz CT molecular complexity index is 1380. The number of carbonyl (C=O) groups is 1. The first-order valence-corrected chi connectivity index (χ1v) is 13.3. The van der Waals surface area contributed by atoms with E-state index in [1.807, 2.05) is 50.2 Å². The summed E-state index contributed by atoms with van der Waals surface area (Å²) in [6.45, 7) is 5.94. The van der Waals surface area contributed by atoms with Crippen molar-refractivity contribution in [1.29, 1.82) is 0 Å². The molecular formula is C27H31N3O5S. The van der Waals surface area contributed by atoms with Gasteiger partial charge in [-0.25, -0.2) is 8.42 Å². The van der Waals surface area contributed by atoms with Crippen LogP contribution in [-0.2, 0) is 14.8 Å². The molecule has 2 aromatic carbocycles. The summed E-state index contributed by atoms with van der Waals surface area (Å²) in [5.41, 5.74) is 3.89. The van der Waals surface area contributed by atoms with Crippen molar-refractivity contribution in [2.24, 2.45) is 5.92 Å². The molecule has 1 unspecified atom stereocenters. The molecule has 190 valence electrons. The predicted molar refractivity (Wildman–Crippen MR) is 139 cm³/mol. The number of aromatic nitrogens is 1. The number of carbonyl (C=O) groups excluding carboxylic acids is 1. The van der Waals surface area contributed by atoms with Crippen LogP contribution in [0.15, 0.2) is 51.9 Å². The van der Waals surface area contributed by atoms with Crippen LogP contribution in [0.1, 0.15) is 41.0 Å². The van der Waals surface area contributed by atoms with Crippen LogP contribution in [-0.4, -0.2) is 44.0 Å². The maximum absolute atomic E-state index is 13.7. The van der Waals surface area contributed by atoms with Crippen molar-refractivity contribution in [2.45, 2.75) is 38.5 Å². The molecule has 36 heavy (non-hydrogen) atoms. The number of hydrogen-bond acceptors (Lipinski definition) is 6. The van der Waals surface area contributed by atoms with Gasteiger partial charge < -0.3 is 14.6 Å². The van der Waals surface area contributed by atoms with Crippen LogP contribution >= 0.6 is 0 Å². The van der Waals surface area contributed by atoms with E-state index in [-0.39, 0.29) is 28.8 Å². The molecule has 0 aliphatic carbocycles. The number of ether oxygens (including phenoxy) is 1. The van der Waals surface area contributed by atoms with E-state index in [0.29, 0.717) is 30.8 Å². The zero-order chi connectivity index (χ0) is 25.9. The number of sulfonamides is 1. The number of anilines is 1. The van der Waals surface area contributed by atoms with E-state index in [0.717, 1.165) is 16.7 Å². The Balaban J connectivity index is 1.54. The lowest BCUT2D eigenvalue weighted by Crippen LogP contribution is -2.44. The quantitative estimate of drug-likeness (QED) is 0.490. The highest BCUT2D eigenvalue weighted by Gasteiger charge is 2.37. The number of aryl methyl sites for hydroxylation is 3. The van der Waals surface area contributed by atoms with E-state index in [1.54, 1.807) is 32.3 Å². The SMILES string of the molecule is COc1ccc(C)cc1NC(=O)C1CCCN(S(=O)(=O)c2c(C)noc2C=Cc2ccc(C)cc2)C1. The zero-order valence-electron chi connectivity index (χ0n) is 20.9. The van der Waals surface area contributed by atoms with E-state index < -0.39 is 15.9 Å². The third kappa shape index (κ3) is 5.52. The van der Waals surface area contributed by atoms with Crippen molar-refractivity contribution in [3.63, 3.8) is 0 Å². The predicted octanol–water partition coefficient (Wildman–Crippen LogP) is 4.82. The van der Waals surface area contributed by atoms with Crippen molar-refractivity contribution in [3.05, 3.63) is 70.6 Å². The van der Waals surface area contributed by atoms with E-state index in [2.05, 4.69) is 10.5 Å². The lowest BCUT2D eigenvalue weighted by molar-refractivity contribution is -0.120. The highest BCUT2D eigenvalue weighted by molar-refractivity contribution is 7.89. The van der Waals surface area contributed by atoms with Crippen LogP contribution in [0.5, 0.6) is 5.75 Å². The van der Waals surface area contributed by atoms with E-state index >= 15 is 0 Å². The molecule has 9 heteroatoms. The molecule has 1 aromatic heterocycles. The molecule has 3 aromatic rings. The van der Waals surface area contributed by atoms with Gasteiger partial charge in [0, 0.05) is 13.1 Å². The van der Waals surface area contributed by atoms with Gasteiger partial charge in [-0.1, -0.05) is 47.1 Å². The van der Waals surface area contributed by atoms with Crippen molar-refractivity contribution >= 4 is 33.8 Å². The Labute approximate surface area is 212 Å². The molecule has 1 saturated heterocycles. The highest BCUT2D eigenvalue weighted by Crippen LogP contribution is 2.31. The molecular weight excluding hydrogens is 478 g/mol. The Morgan fingerprint density at radius 2 is 1.83 bits per heavy atom. The second kappa shape index (κ2) is 10.7. The van der Waals surface area contributed by atoms with Crippen LogP contribution in [0.4, 0.5) is 5.69 Å². The molecule has 8 nitrogen and oxygen atoms in total. The molecule has 1 aliphatic heterocycles. The Hall–Kier alpha value is -3.43.